The molecular weight excluding hydrogens is 376 g/mol. The highest BCUT2D eigenvalue weighted by molar-refractivity contribution is 6.31. The topological polar surface area (TPSA) is 47.4 Å². The number of hydrogen-bond acceptors (Lipinski definition) is 3. The van der Waals surface area contributed by atoms with E-state index in [0.717, 1.165) is 4.90 Å². The van der Waals surface area contributed by atoms with E-state index in [1.54, 1.807) is 22.8 Å². The molecule has 0 saturated heterocycles. The van der Waals surface area contributed by atoms with E-state index in [2.05, 4.69) is 4.98 Å². The molecular formula is C19H14ClF2N3O2. The van der Waals surface area contributed by atoms with Gasteiger partial charge in [-0.05, 0) is 30.3 Å². The van der Waals surface area contributed by atoms with Crippen LogP contribution in [0, 0.1) is 0 Å². The van der Waals surface area contributed by atoms with E-state index in [1.807, 2.05) is 0 Å². The number of carbonyl (C=O) groups is 1. The SMILES string of the molecule is [2H]C([2H])([2H])N1C(=O)c2cccc(OC(F)F)c2[C@@H]2C[C@H]1c1nc3ccc(Cl)cc3n12. The second-order valence-corrected chi connectivity index (χ2v) is 6.95. The van der Waals surface area contributed by atoms with Crippen LogP contribution in [-0.4, -0.2) is 33.9 Å². The van der Waals surface area contributed by atoms with Crippen LogP contribution in [0.2, 0.25) is 5.02 Å². The molecule has 0 unspecified atom stereocenters. The summed E-state index contributed by atoms with van der Waals surface area (Å²) in [5.74, 6) is -0.559. The molecule has 8 heteroatoms. The Morgan fingerprint density at radius 3 is 2.96 bits per heavy atom. The lowest BCUT2D eigenvalue weighted by atomic mass is 9.97. The van der Waals surface area contributed by atoms with Crippen molar-refractivity contribution in [3.8, 4) is 5.75 Å². The average molecular weight is 393 g/mol. The number of amides is 1. The van der Waals surface area contributed by atoms with Crippen LogP contribution in [0.5, 0.6) is 5.75 Å². The summed E-state index contributed by atoms with van der Waals surface area (Å²) in [5.41, 5.74) is 1.43. The lowest BCUT2D eigenvalue weighted by Crippen LogP contribution is -2.30. The summed E-state index contributed by atoms with van der Waals surface area (Å²) in [7, 11) is 0. The molecule has 2 atom stereocenters. The van der Waals surface area contributed by atoms with E-state index in [1.165, 1.54) is 18.2 Å². The summed E-state index contributed by atoms with van der Waals surface area (Å²) in [6.07, 6.45) is 0.172. The predicted molar refractivity (Wildman–Crippen MR) is 95.4 cm³/mol. The van der Waals surface area contributed by atoms with Gasteiger partial charge in [-0.2, -0.15) is 8.78 Å². The third-order valence-corrected chi connectivity index (χ3v) is 5.35. The van der Waals surface area contributed by atoms with E-state index in [0.29, 0.717) is 21.9 Å². The highest BCUT2D eigenvalue weighted by Gasteiger charge is 2.44. The van der Waals surface area contributed by atoms with Crippen LogP contribution in [0.15, 0.2) is 36.4 Å². The Hall–Kier alpha value is -2.67. The molecule has 0 spiro atoms. The third kappa shape index (κ3) is 2.27. The van der Waals surface area contributed by atoms with Gasteiger partial charge in [-0.1, -0.05) is 17.7 Å². The van der Waals surface area contributed by atoms with Crippen LogP contribution in [0.4, 0.5) is 8.78 Å². The molecule has 1 amide bonds. The fourth-order valence-corrected chi connectivity index (χ4v) is 4.25. The van der Waals surface area contributed by atoms with E-state index >= 15 is 0 Å². The van der Waals surface area contributed by atoms with Gasteiger partial charge in [-0.25, -0.2) is 4.98 Å². The Morgan fingerprint density at radius 1 is 1.33 bits per heavy atom. The van der Waals surface area contributed by atoms with E-state index in [4.69, 9.17) is 20.5 Å². The van der Waals surface area contributed by atoms with Crippen molar-refractivity contribution in [1.82, 2.24) is 14.5 Å². The van der Waals surface area contributed by atoms with Crippen molar-refractivity contribution in [1.29, 1.82) is 0 Å². The number of aromatic nitrogens is 2. The summed E-state index contributed by atoms with van der Waals surface area (Å²) >= 11 is 6.16. The minimum Gasteiger partial charge on any atom is -0.434 e. The fourth-order valence-electron chi connectivity index (χ4n) is 4.08. The zero-order valence-corrected chi connectivity index (χ0v) is 14.5. The van der Waals surface area contributed by atoms with Crippen LogP contribution in [-0.2, 0) is 0 Å². The highest BCUT2D eigenvalue weighted by Crippen LogP contribution is 2.50. The predicted octanol–water partition coefficient (Wildman–Crippen LogP) is 4.41. The molecule has 0 aliphatic carbocycles. The van der Waals surface area contributed by atoms with Gasteiger partial charge >= 0.3 is 6.61 Å². The Kier molecular flexibility index (Phi) is 2.83. The van der Waals surface area contributed by atoms with Gasteiger partial charge in [0.05, 0.1) is 23.1 Å². The number of benzene rings is 2. The van der Waals surface area contributed by atoms with Crippen molar-refractivity contribution in [2.45, 2.75) is 25.1 Å². The van der Waals surface area contributed by atoms with E-state index in [-0.39, 0.29) is 23.3 Å². The summed E-state index contributed by atoms with van der Waals surface area (Å²) in [6.45, 7) is -5.85. The molecule has 2 aliphatic rings. The second-order valence-electron chi connectivity index (χ2n) is 6.51. The zero-order valence-electron chi connectivity index (χ0n) is 16.7. The molecule has 0 radical (unpaired) electrons. The van der Waals surface area contributed by atoms with Gasteiger partial charge in [0, 0.05) is 33.7 Å². The van der Waals surface area contributed by atoms with Crippen molar-refractivity contribution < 1.29 is 22.4 Å². The van der Waals surface area contributed by atoms with Gasteiger partial charge in [0.25, 0.3) is 5.91 Å². The fraction of sp³-hybridized carbons (Fsp3) is 0.263. The molecule has 0 saturated carbocycles. The number of carbonyl (C=O) groups excluding carboxylic acids is 1. The minimum atomic E-state index is -3.10. The lowest BCUT2D eigenvalue weighted by Gasteiger charge is -2.24. The third-order valence-electron chi connectivity index (χ3n) is 5.11. The van der Waals surface area contributed by atoms with Crippen molar-refractivity contribution in [3.63, 3.8) is 0 Å². The maximum Gasteiger partial charge on any atom is 0.387 e. The summed E-state index contributed by atoms with van der Waals surface area (Å²) in [4.78, 5) is 18.6. The first-order valence-corrected chi connectivity index (χ1v) is 8.63. The van der Waals surface area contributed by atoms with Crippen LogP contribution >= 0.6 is 11.6 Å². The minimum absolute atomic E-state index is 0.0197. The van der Waals surface area contributed by atoms with E-state index in [9.17, 15) is 13.6 Å². The maximum absolute atomic E-state index is 13.3. The Labute approximate surface area is 162 Å². The van der Waals surface area contributed by atoms with Crippen LogP contribution in [0.25, 0.3) is 11.0 Å². The van der Waals surface area contributed by atoms with Crippen molar-refractivity contribution in [2.24, 2.45) is 0 Å². The van der Waals surface area contributed by atoms with Gasteiger partial charge in [0.1, 0.15) is 11.6 Å². The molecule has 1 aromatic heterocycles. The zero-order chi connectivity index (χ0) is 21.4. The number of nitrogens with zero attached hydrogens (tertiary/aromatic N) is 3. The Bertz CT molecular complexity index is 1200. The van der Waals surface area contributed by atoms with Crippen molar-refractivity contribution in [3.05, 3.63) is 58.4 Å². The molecule has 3 aromatic rings. The number of hydrogen-bond donors (Lipinski definition) is 0. The molecule has 2 aromatic carbocycles. The molecule has 2 aliphatic heterocycles. The quantitative estimate of drug-likeness (QED) is 0.649. The van der Waals surface area contributed by atoms with Gasteiger partial charge in [0.15, 0.2) is 0 Å². The number of alkyl halides is 2. The van der Waals surface area contributed by atoms with Gasteiger partial charge < -0.3 is 14.2 Å². The monoisotopic (exact) mass is 392 g/mol. The molecule has 138 valence electrons. The molecule has 0 fully saturated rings. The van der Waals surface area contributed by atoms with Crippen LogP contribution in [0.3, 0.4) is 0 Å². The van der Waals surface area contributed by atoms with Crippen molar-refractivity contribution >= 4 is 28.5 Å². The Balaban J connectivity index is 1.85. The molecule has 0 N–H and O–H groups in total. The largest absolute Gasteiger partial charge is 0.434 e. The number of fused-ring (bicyclic) bond motifs is 9. The van der Waals surface area contributed by atoms with E-state index < -0.39 is 31.6 Å². The smallest absolute Gasteiger partial charge is 0.387 e. The lowest BCUT2D eigenvalue weighted by molar-refractivity contribution is -0.0507. The number of imidazole rings is 1. The standard InChI is InChI=1S/C19H14ClF2N3O2/c1-24-14-8-13(25-12-7-9(20)5-6-11(12)23-17(14)25)16-10(18(24)26)3-2-4-15(16)27-19(21)22/h2-7,13-14,19H,8H2,1H3/t13-,14-/m0/s1/i1D3. The first-order valence-electron chi connectivity index (χ1n) is 9.75. The number of halogens is 3. The molecule has 5 nitrogen and oxygen atoms in total. The average Bonchev–Trinajstić information content (AvgIpc) is 3.13. The maximum atomic E-state index is 13.3. The van der Waals surface area contributed by atoms with Crippen molar-refractivity contribution in [2.75, 3.05) is 6.98 Å². The number of rotatable bonds is 2. The Morgan fingerprint density at radius 2 is 2.19 bits per heavy atom. The summed E-state index contributed by atoms with van der Waals surface area (Å²) < 4.78 is 56.5. The molecule has 27 heavy (non-hydrogen) atoms. The van der Waals surface area contributed by atoms with Gasteiger partial charge in [0.2, 0.25) is 0 Å². The number of ether oxygens (including phenoxy) is 1. The first kappa shape index (κ1) is 13.5. The molecule has 2 bridgehead atoms. The van der Waals surface area contributed by atoms with Crippen LogP contribution in [0.1, 0.15) is 44.4 Å². The highest BCUT2D eigenvalue weighted by atomic mass is 35.5. The van der Waals surface area contributed by atoms with Gasteiger partial charge in [-0.3, -0.25) is 4.79 Å². The second kappa shape index (κ2) is 5.66. The normalized spacial score (nSPS) is 22.9. The molecule has 3 heterocycles. The first-order chi connectivity index (χ1) is 14.2. The molecule has 5 rings (SSSR count). The summed E-state index contributed by atoms with van der Waals surface area (Å²) in [6, 6.07) is 7.74. The van der Waals surface area contributed by atoms with Crippen LogP contribution < -0.4 is 4.74 Å². The summed E-state index contributed by atoms with van der Waals surface area (Å²) in [5, 5.41) is 0.450. The van der Waals surface area contributed by atoms with Gasteiger partial charge in [-0.15, -0.1) is 0 Å².